The highest BCUT2D eigenvalue weighted by atomic mass is 32.2. The molecule has 1 aromatic heterocycles. The van der Waals surface area contributed by atoms with Crippen LogP contribution >= 0.6 is 11.8 Å². The molecular formula is C33H44N4O6S. The maximum Gasteiger partial charge on any atom is 0.303 e. The van der Waals surface area contributed by atoms with Gasteiger partial charge in [-0.1, -0.05) is 19.6 Å². The third-order valence-corrected chi connectivity index (χ3v) is 10.6. The number of nitrogens with one attached hydrogen (secondary N) is 4. The van der Waals surface area contributed by atoms with Crippen molar-refractivity contribution in [2.75, 3.05) is 5.75 Å². The van der Waals surface area contributed by atoms with Crippen LogP contribution in [0.25, 0.3) is 12.2 Å². The average molecular weight is 625 g/mol. The van der Waals surface area contributed by atoms with Gasteiger partial charge in [-0.05, 0) is 80.0 Å². The number of aromatic amines is 1. The van der Waals surface area contributed by atoms with Crippen molar-refractivity contribution in [3.63, 3.8) is 0 Å². The van der Waals surface area contributed by atoms with Crippen molar-refractivity contribution < 1.29 is 30.0 Å². The molecule has 1 amide bonds. The molecule has 2 fully saturated rings. The van der Waals surface area contributed by atoms with E-state index < -0.39 is 18.5 Å². The lowest BCUT2D eigenvalue weighted by atomic mass is 9.91. The van der Waals surface area contributed by atoms with Gasteiger partial charge in [-0.3, -0.25) is 9.59 Å². The van der Waals surface area contributed by atoms with Gasteiger partial charge in [0.05, 0.1) is 6.04 Å². The van der Waals surface area contributed by atoms with Gasteiger partial charge in [0.1, 0.15) is 6.23 Å². The molecule has 4 aliphatic heterocycles. The second-order valence-electron chi connectivity index (χ2n) is 12.4. The first-order valence-corrected chi connectivity index (χ1v) is 16.3. The number of thioether (sulfide) groups is 1. The Morgan fingerprint density at radius 2 is 1.77 bits per heavy atom. The highest BCUT2D eigenvalue weighted by molar-refractivity contribution is 8.06. The van der Waals surface area contributed by atoms with Gasteiger partial charge < -0.3 is 41.4 Å². The molecule has 11 heteroatoms. The molecule has 0 radical (unpaired) electrons. The van der Waals surface area contributed by atoms with E-state index in [2.05, 4.69) is 40.5 Å². The number of aliphatic hydroxyl groups excluding tert-OH is 2. The number of H-pyrrole nitrogens is 1. The van der Waals surface area contributed by atoms with Crippen molar-refractivity contribution in [2.24, 2.45) is 11.8 Å². The van der Waals surface area contributed by atoms with Crippen LogP contribution in [-0.2, 0) is 16.0 Å². The molecule has 0 spiro atoms. The van der Waals surface area contributed by atoms with Crippen LogP contribution in [-0.4, -0.2) is 72.9 Å². The Morgan fingerprint density at radius 1 is 1.07 bits per heavy atom. The second kappa shape index (κ2) is 13.0. The maximum atomic E-state index is 12.4. The molecule has 2 saturated heterocycles. The van der Waals surface area contributed by atoms with Gasteiger partial charge in [-0.25, -0.2) is 0 Å². The molecular weight excluding hydrogens is 580 g/mol. The van der Waals surface area contributed by atoms with Gasteiger partial charge in [-0.2, -0.15) is 11.8 Å². The molecule has 1 aromatic rings. The zero-order valence-electron chi connectivity index (χ0n) is 25.7. The summed E-state index contributed by atoms with van der Waals surface area (Å²) < 4.78 is 0. The number of hydrogen-bond acceptors (Lipinski definition) is 8. The second-order valence-corrected chi connectivity index (χ2v) is 13.7. The summed E-state index contributed by atoms with van der Waals surface area (Å²) >= 11 is 1.89. The highest BCUT2D eigenvalue weighted by Gasteiger charge is 2.45. The van der Waals surface area contributed by atoms with E-state index in [0.29, 0.717) is 30.1 Å². The van der Waals surface area contributed by atoms with Crippen molar-refractivity contribution in [3.8, 4) is 0 Å². The Balaban J connectivity index is 1.50. The molecule has 0 saturated carbocycles. The predicted molar refractivity (Wildman–Crippen MR) is 172 cm³/mol. The molecule has 8 N–H and O–H groups in total. The van der Waals surface area contributed by atoms with Gasteiger partial charge in [0.25, 0.3) is 5.91 Å². The highest BCUT2D eigenvalue weighted by Crippen LogP contribution is 2.47. The van der Waals surface area contributed by atoms with Crippen LogP contribution in [0.5, 0.6) is 0 Å². The van der Waals surface area contributed by atoms with Crippen LogP contribution in [0, 0.1) is 18.8 Å². The van der Waals surface area contributed by atoms with Crippen molar-refractivity contribution in [1.82, 2.24) is 20.9 Å². The van der Waals surface area contributed by atoms with E-state index in [0.717, 1.165) is 56.4 Å². The zero-order chi connectivity index (χ0) is 31.9. The van der Waals surface area contributed by atoms with Gasteiger partial charge in [0.15, 0.2) is 6.29 Å². The Morgan fingerprint density at radius 3 is 2.39 bits per heavy atom. The van der Waals surface area contributed by atoms with E-state index in [4.69, 9.17) is 0 Å². The summed E-state index contributed by atoms with van der Waals surface area (Å²) in [4.78, 5) is 27.5. The largest absolute Gasteiger partial charge is 0.481 e. The molecule has 2 unspecified atom stereocenters. The van der Waals surface area contributed by atoms with Crippen LogP contribution in [0.15, 0.2) is 46.3 Å². The van der Waals surface area contributed by atoms with Crippen LogP contribution in [0.3, 0.4) is 0 Å². The van der Waals surface area contributed by atoms with Crippen LogP contribution in [0.1, 0.15) is 69.0 Å². The minimum atomic E-state index is -1.45. The Bertz CT molecular complexity index is 1470. The maximum absolute atomic E-state index is 12.4. The molecule has 238 valence electrons. The molecule has 10 nitrogen and oxygen atoms in total. The number of carbonyl (C=O) groups excluding carboxylic acids is 1. The number of aliphatic carboxylic acids is 1. The molecule has 0 bridgehead atoms. The SMILES string of the molecule is C=CC1=C(C)[C@@H](CC2N/C(=C\c3[nH]c(/C=C4\NC(O)[C@H](C)[C@H]4[C@H]4CS4)c(C)c3CCC(=O)O)C(CCC(O)O)=C2C)NC1=O. The van der Waals surface area contributed by atoms with E-state index >= 15 is 0 Å². The summed E-state index contributed by atoms with van der Waals surface area (Å²) in [6.07, 6.45) is 5.11. The number of aromatic nitrogens is 1. The third kappa shape index (κ3) is 6.56. The van der Waals surface area contributed by atoms with Crippen LogP contribution in [0.2, 0.25) is 0 Å². The number of carbonyl (C=O) groups is 2. The summed E-state index contributed by atoms with van der Waals surface area (Å²) in [5.74, 6) is 0.375. The fraction of sp³-hybridized carbons (Fsp3) is 0.515. The Kier molecular flexibility index (Phi) is 9.50. The van der Waals surface area contributed by atoms with Crippen molar-refractivity contribution in [3.05, 3.63) is 68.9 Å². The van der Waals surface area contributed by atoms with E-state index in [1.807, 2.05) is 38.6 Å². The minimum Gasteiger partial charge on any atom is -0.481 e. The standard InChI is InChI=1S/C33H44N4O6S/c1-6-19-15(2)24(36-33(19)43)11-22-16(3)20(7-9-29(38)39)25(34-22)13-26-21(8-10-30(40)41)17(4)23(35-26)12-27-31(28-14-44-28)18(5)32(42)37-27/h6,12-13,18,22,24,28-29,31-32,34-35,37-39,42H,1,7-11,14H2,2-5H3,(H,36,43)(H,40,41)/b25-13-,27-12-/t18-,22?,24-,28-,31-,32?/m1/s1. The number of allylic oxidation sites excluding steroid dienone is 2. The summed E-state index contributed by atoms with van der Waals surface area (Å²) in [7, 11) is 0. The predicted octanol–water partition coefficient (Wildman–Crippen LogP) is 3.08. The quantitative estimate of drug-likeness (QED) is 0.129. The topological polar surface area (TPSA) is 167 Å². The number of amides is 1. The molecule has 4 aliphatic rings. The van der Waals surface area contributed by atoms with Gasteiger partial charge in [0, 0.05) is 70.1 Å². The normalized spacial score (nSPS) is 30.0. The molecule has 6 atom stereocenters. The van der Waals surface area contributed by atoms with E-state index in [-0.39, 0.29) is 42.7 Å². The molecule has 5 rings (SSSR count). The summed E-state index contributed by atoms with van der Waals surface area (Å²) in [5.41, 5.74) is 8.90. The van der Waals surface area contributed by atoms with Crippen molar-refractivity contribution in [1.29, 1.82) is 0 Å². The van der Waals surface area contributed by atoms with Gasteiger partial charge in [-0.15, -0.1) is 0 Å². The average Bonchev–Trinajstić information content (AvgIpc) is 3.53. The van der Waals surface area contributed by atoms with Crippen molar-refractivity contribution in [2.45, 2.75) is 89.7 Å². The lowest BCUT2D eigenvalue weighted by Gasteiger charge is -2.20. The minimum absolute atomic E-state index is 0.0205. The summed E-state index contributed by atoms with van der Waals surface area (Å²) in [6, 6.07) is -0.252. The van der Waals surface area contributed by atoms with Crippen LogP contribution in [0.4, 0.5) is 0 Å². The smallest absolute Gasteiger partial charge is 0.303 e. The molecule has 0 aliphatic carbocycles. The van der Waals surface area contributed by atoms with E-state index in [1.165, 1.54) is 0 Å². The first-order valence-electron chi connectivity index (χ1n) is 15.3. The van der Waals surface area contributed by atoms with Crippen LogP contribution < -0.4 is 16.0 Å². The molecule has 0 aromatic carbocycles. The molecule has 44 heavy (non-hydrogen) atoms. The lowest BCUT2D eigenvalue weighted by molar-refractivity contribution is -0.137. The first kappa shape index (κ1) is 32.2. The number of aliphatic hydroxyl groups is 3. The number of rotatable bonds is 12. The zero-order valence-corrected chi connectivity index (χ0v) is 26.6. The van der Waals surface area contributed by atoms with E-state index in [1.54, 1.807) is 6.08 Å². The summed E-state index contributed by atoms with van der Waals surface area (Å²) in [5, 5.41) is 49.8. The fourth-order valence-electron chi connectivity index (χ4n) is 6.83. The first-order chi connectivity index (χ1) is 20.9. The summed E-state index contributed by atoms with van der Waals surface area (Å²) in [6.45, 7) is 11.8. The monoisotopic (exact) mass is 624 g/mol. The van der Waals surface area contributed by atoms with E-state index in [9.17, 15) is 30.0 Å². The lowest BCUT2D eigenvalue weighted by Crippen LogP contribution is -2.36. The fourth-order valence-corrected chi connectivity index (χ4v) is 7.75. The van der Waals surface area contributed by atoms with Crippen molar-refractivity contribution >= 4 is 35.8 Å². The van der Waals surface area contributed by atoms with Gasteiger partial charge >= 0.3 is 5.97 Å². The number of carboxylic acid groups (broad SMARTS) is 1. The van der Waals surface area contributed by atoms with Gasteiger partial charge in [0.2, 0.25) is 0 Å². The number of hydrogen-bond donors (Lipinski definition) is 8. The third-order valence-electron chi connectivity index (χ3n) is 9.61. The Labute approximate surface area is 262 Å². The Hall–Kier alpha value is -3.25. The molecule has 5 heterocycles. The number of carboxylic acids is 1.